The molecular formula is C18H32N2O4. The molecule has 1 atom stereocenters. The number of unbranched alkanes of at least 4 members (excludes halogenated alkanes) is 2. The van der Waals surface area contributed by atoms with Crippen molar-refractivity contribution in [3.8, 4) is 0 Å². The van der Waals surface area contributed by atoms with Gasteiger partial charge in [-0.25, -0.2) is 0 Å². The van der Waals surface area contributed by atoms with Crippen molar-refractivity contribution in [3.63, 3.8) is 0 Å². The Morgan fingerprint density at radius 3 is 2.54 bits per heavy atom. The average Bonchev–Trinajstić information content (AvgIpc) is 2.79. The number of nitrogens with one attached hydrogen (secondary N) is 1. The standard InChI is InChI=1S/C18H32N2O4/c1-5-24-12-10-19-15(21)9-7-6-8-11-20-16(22)13-14(17(20)23)18(2,3)4/h14H,5-13H2,1-4H3,(H,19,21). The molecule has 0 radical (unpaired) electrons. The van der Waals surface area contributed by atoms with Crippen molar-refractivity contribution in [2.45, 2.75) is 59.8 Å². The molecule has 24 heavy (non-hydrogen) atoms. The van der Waals surface area contributed by atoms with Crippen LogP contribution >= 0.6 is 0 Å². The van der Waals surface area contributed by atoms with Crippen molar-refractivity contribution < 1.29 is 19.1 Å². The predicted octanol–water partition coefficient (Wildman–Crippen LogP) is 2.12. The van der Waals surface area contributed by atoms with Gasteiger partial charge in [-0.1, -0.05) is 27.2 Å². The van der Waals surface area contributed by atoms with Gasteiger partial charge in [-0.15, -0.1) is 0 Å². The first-order valence-electron chi connectivity index (χ1n) is 8.96. The molecule has 0 aromatic carbocycles. The molecule has 6 heteroatoms. The Labute approximate surface area is 145 Å². The van der Waals surface area contributed by atoms with Gasteiger partial charge in [0.25, 0.3) is 0 Å². The Balaban J connectivity index is 2.18. The monoisotopic (exact) mass is 340 g/mol. The first-order chi connectivity index (χ1) is 11.3. The lowest BCUT2D eigenvalue weighted by Gasteiger charge is -2.24. The van der Waals surface area contributed by atoms with Crippen molar-refractivity contribution in [2.75, 3.05) is 26.3 Å². The van der Waals surface area contributed by atoms with Crippen LogP contribution in [0, 0.1) is 11.3 Å². The molecule has 1 heterocycles. The maximum absolute atomic E-state index is 12.3. The maximum atomic E-state index is 12.3. The van der Waals surface area contributed by atoms with E-state index in [-0.39, 0.29) is 29.1 Å². The van der Waals surface area contributed by atoms with Gasteiger partial charge < -0.3 is 10.1 Å². The molecule has 0 bridgehead atoms. The van der Waals surface area contributed by atoms with Gasteiger partial charge in [-0.2, -0.15) is 0 Å². The number of hydrogen-bond donors (Lipinski definition) is 1. The minimum Gasteiger partial charge on any atom is -0.380 e. The van der Waals surface area contributed by atoms with Gasteiger partial charge in [-0.3, -0.25) is 19.3 Å². The number of rotatable bonds is 10. The molecule has 1 N–H and O–H groups in total. The van der Waals surface area contributed by atoms with Crippen LogP contribution in [0.4, 0.5) is 0 Å². The van der Waals surface area contributed by atoms with Gasteiger partial charge >= 0.3 is 0 Å². The number of imide groups is 1. The summed E-state index contributed by atoms with van der Waals surface area (Å²) >= 11 is 0. The molecule has 0 aromatic rings. The SMILES string of the molecule is CCOCCNC(=O)CCCCCN1C(=O)CC(C(C)(C)C)C1=O. The average molecular weight is 340 g/mol. The lowest BCUT2D eigenvalue weighted by molar-refractivity contribution is -0.140. The largest absolute Gasteiger partial charge is 0.380 e. The van der Waals surface area contributed by atoms with Crippen molar-refractivity contribution in [1.29, 1.82) is 0 Å². The molecule has 0 aliphatic carbocycles. The Bertz CT molecular complexity index is 443. The van der Waals surface area contributed by atoms with E-state index in [0.717, 1.165) is 19.3 Å². The number of likely N-dealkylation sites (tertiary alicyclic amines) is 1. The smallest absolute Gasteiger partial charge is 0.233 e. The third kappa shape index (κ3) is 6.59. The number of amides is 3. The first-order valence-corrected chi connectivity index (χ1v) is 8.96. The Hall–Kier alpha value is -1.43. The minimum atomic E-state index is -0.207. The van der Waals surface area contributed by atoms with Crippen LogP contribution in [0.25, 0.3) is 0 Å². The highest BCUT2D eigenvalue weighted by Crippen LogP contribution is 2.35. The summed E-state index contributed by atoms with van der Waals surface area (Å²) in [5.74, 6) is -0.285. The second kappa shape index (κ2) is 9.77. The van der Waals surface area contributed by atoms with E-state index in [1.807, 2.05) is 27.7 Å². The Kier molecular flexibility index (Phi) is 8.39. The molecule has 1 aliphatic rings. The molecular weight excluding hydrogens is 308 g/mol. The van der Waals surface area contributed by atoms with Crippen LogP contribution in [0.15, 0.2) is 0 Å². The van der Waals surface area contributed by atoms with Crippen LogP contribution in [0.2, 0.25) is 0 Å². The van der Waals surface area contributed by atoms with Gasteiger partial charge in [0.05, 0.1) is 12.5 Å². The molecule has 6 nitrogen and oxygen atoms in total. The van der Waals surface area contributed by atoms with Crippen molar-refractivity contribution in [1.82, 2.24) is 10.2 Å². The maximum Gasteiger partial charge on any atom is 0.233 e. The number of nitrogens with zero attached hydrogens (tertiary/aromatic N) is 1. The fourth-order valence-corrected chi connectivity index (χ4v) is 2.82. The van der Waals surface area contributed by atoms with Crippen molar-refractivity contribution in [2.24, 2.45) is 11.3 Å². The lowest BCUT2D eigenvalue weighted by atomic mass is 9.80. The Morgan fingerprint density at radius 1 is 1.25 bits per heavy atom. The summed E-state index contributed by atoms with van der Waals surface area (Å²) < 4.78 is 5.15. The van der Waals surface area contributed by atoms with Crippen LogP contribution in [0.1, 0.15) is 59.8 Å². The zero-order chi connectivity index (χ0) is 18.2. The quantitative estimate of drug-likeness (QED) is 0.488. The first kappa shape index (κ1) is 20.6. The molecule has 0 saturated carbocycles. The molecule has 1 saturated heterocycles. The van der Waals surface area contributed by atoms with E-state index in [1.165, 1.54) is 4.90 Å². The molecule has 1 rings (SSSR count). The highest BCUT2D eigenvalue weighted by molar-refractivity contribution is 6.03. The van der Waals surface area contributed by atoms with Gasteiger partial charge in [0.15, 0.2) is 0 Å². The molecule has 138 valence electrons. The lowest BCUT2D eigenvalue weighted by Crippen LogP contribution is -2.34. The third-order valence-electron chi connectivity index (χ3n) is 4.35. The van der Waals surface area contributed by atoms with Gasteiger partial charge in [-0.05, 0) is 25.2 Å². The van der Waals surface area contributed by atoms with Crippen LogP contribution in [0.5, 0.6) is 0 Å². The molecule has 1 fully saturated rings. The highest BCUT2D eigenvalue weighted by atomic mass is 16.5. The molecule has 1 unspecified atom stereocenters. The van der Waals surface area contributed by atoms with E-state index in [0.29, 0.717) is 39.1 Å². The zero-order valence-electron chi connectivity index (χ0n) is 15.5. The zero-order valence-corrected chi connectivity index (χ0v) is 15.5. The van der Waals surface area contributed by atoms with Gasteiger partial charge in [0, 0.05) is 32.5 Å². The molecule has 1 aliphatic heterocycles. The van der Waals surface area contributed by atoms with Gasteiger partial charge in [0.2, 0.25) is 17.7 Å². The van der Waals surface area contributed by atoms with E-state index >= 15 is 0 Å². The van der Waals surface area contributed by atoms with E-state index < -0.39 is 0 Å². The summed E-state index contributed by atoms with van der Waals surface area (Å²) in [6.07, 6.45) is 3.14. The third-order valence-corrected chi connectivity index (χ3v) is 4.35. The number of ether oxygens (including phenoxy) is 1. The fraction of sp³-hybridized carbons (Fsp3) is 0.833. The van der Waals surface area contributed by atoms with Crippen LogP contribution in [0.3, 0.4) is 0 Å². The summed E-state index contributed by atoms with van der Waals surface area (Å²) in [6, 6.07) is 0. The second-order valence-electron chi connectivity index (χ2n) is 7.36. The second-order valence-corrected chi connectivity index (χ2v) is 7.36. The van der Waals surface area contributed by atoms with Crippen LogP contribution in [-0.4, -0.2) is 48.9 Å². The van der Waals surface area contributed by atoms with E-state index in [2.05, 4.69) is 5.32 Å². The van der Waals surface area contributed by atoms with Gasteiger partial charge in [0.1, 0.15) is 0 Å². The number of carbonyl (C=O) groups is 3. The van der Waals surface area contributed by atoms with E-state index in [9.17, 15) is 14.4 Å². The van der Waals surface area contributed by atoms with E-state index in [1.54, 1.807) is 0 Å². The normalized spacial score (nSPS) is 18.3. The predicted molar refractivity (Wildman–Crippen MR) is 92.3 cm³/mol. The Morgan fingerprint density at radius 2 is 1.96 bits per heavy atom. The summed E-state index contributed by atoms with van der Waals surface area (Å²) in [5.41, 5.74) is -0.179. The minimum absolute atomic E-state index is 0.0239. The fourth-order valence-electron chi connectivity index (χ4n) is 2.82. The molecule has 0 spiro atoms. The van der Waals surface area contributed by atoms with Crippen LogP contribution < -0.4 is 5.32 Å². The topological polar surface area (TPSA) is 75.7 Å². The summed E-state index contributed by atoms with van der Waals surface area (Å²) in [6.45, 7) is 10.1. The number of hydrogen-bond acceptors (Lipinski definition) is 4. The van der Waals surface area contributed by atoms with E-state index in [4.69, 9.17) is 4.74 Å². The highest BCUT2D eigenvalue weighted by Gasteiger charge is 2.44. The summed E-state index contributed by atoms with van der Waals surface area (Å²) in [4.78, 5) is 37.3. The number of carbonyl (C=O) groups excluding carboxylic acids is 3. The van der Waals surface area contributed by atoms with Crippen molar-refractivity contribution in [3.05, 3.63) is 0 Å². The summed E-state index contributed by atoms with van der Waals surface area (Å²) in [7, 11) is 0. The molecule has 0 aromatic heterocycles. The van der Waals surface area contributed by atoms with Crippen LogP contribution in [-0.2, 0) is 19.1 Å². The van der Waals surface area contributed by atoms with Crippen molar-refractivity contribution >= 4 is 17.7 Å². The molecule has 3 amide bonds. The summed E-state index contributed by atoms with van der Waals surface area (Å²) in [5, 5.41) is 2.80.